The number of aryl methyl sites for hydroxylation is 1. The van der Waals surface area contributed by atoms with E-state index in [-0.39, 0.29) is 12.6 Å². The van der Waals surface area contributed by atoms with E-state index in [2.05, 4.69) is 22.5 Å². The summed E-state index contributed by atoms with van der Waals surface area (Å²) in [5.41, 5.74) is 3.11. The fourth-order valence-electron chi connectivity index (χ4n) is 1.88. The van der Waals surface area contributed by atoms with Gasteiger partial charge in [0.05, 0.1) is 0 Å². The van der Waals surface area contributed by atoms with Crippen molar-refractivity contribution in [2.45, 2.75) is 6.92 Å². The number of carbonyl (C=O) groups is 1. The zero-order valence-corrected chi connectivity index (χ0v) is 11.7. The highest BCUT2D eigenvalue weighted by molar-refractivity contribution is 5.99. The van der Waals surface area contributed by atoms with Gasteiger partial charge in [-0.15, -0.1) is 0 Å². The van der Waals surface area contributed by atoms with Crippen LogP contribution in [0.3, 0.4) is 0 Å². The summed E-state index contributed by atoms with van der Waals surface area (Å²) < 4.78 is 0. The molecule has 2 aromatic carbocycles. The first-order chi connectivity index (χ1) is 10.2. The Labute approximate surface area is 123 Å². The van der Waals surface area contributed by atoms with Crippen LogP contribution in [0.1, 0.15) is 11.1 Å². The fourth-order valence-corrected chi connectivity index (χ4v) is 1.88. The van der Waals surface area contributed by atoms with E-state index in [0.29, 0.717) is 5.69 Å². The molecular weight excluding hydrogens is 264 g/mol. The molecule has 0 aliphatic carbocycles. The van der Waals surface area contributed by atoms with Crippen LogP contribution in [-0.4, -0.2) is 17.7 Å². The van der Waals surface area contributed by atoms with E-state index in [1.54, 1.807) is 6.07 Å². The lowest BCUT2D eigenvalue weighted by molar-refractivity contribution is 0.262. The Morgan fingerprint density at radius 2 is 1.81 bits per heavy atom. The van der Waals surface area contributed by atoms with Crippen molar-refractivity contribution < 1.29 is 9.90 Å². The smallest absolute Gasteiger partial charge is 0.323 e. The third-order valence-electron chi connectivity index (χ3n) is 2.68. The molecule has 0 aliphatic heterocycles. The molecule has 21 heavy (non-hydrogen) atoms. The molecule has 4 nitrogen and oxygen atoms in total. The molecule has 4 heteroatoms. The summed E-state index contributed by atoms with van der Waals surface area (Å²) in [5.74, 6) is 5.42. The van der Waals surface area contributed by atoms with Crippen molar-refractivity contribution in [2.75, 3.05) is 17.2 Å². The third kappa shape index (κ3) is 4.68. The Kier molecular flexibility index (Phi) is 4.97. The number of para-hydroxylation sites is 1. The van der Waals surface area contributed by atoms with Gasteiger partial charge in [0.1, 0.15) is 6.61 Å². The average molecular weight is 280 g/mol. The van der Waals surface area contributed by atoms with Gasteiger partial charge < -0.3 is 15.7 Å². The fraction of sp³-hybridized carbons (Fsp3) is 0.118. The van der Waals surface area contributed by atoms with E-state index in [0.717, 1.165) is 16.8 Å². The normalized spacial score (nSPS) is 9.43. The van der Waals surface area contributed by atoms with Gasteiger partial charge in [0.2, 0.25) is 0 Å². The Morgan fingerprint density at radius 3 is 2.52 bits per heavy atom. The molecule has 0 saturated carbocycles. The predicted molar refractivity (Wildman–Crippen MR) is 84.2 cm³/mol. The van der Waals surface area contributed by atoms with Crippen LogP contribution in [0.4, 0.5) is 16.2 Å². The second-order valence-corrected chi connectivity index (χ2v) is 4.49. The molecule has 0 fully saturated rings. The van der Waals surface area contributed by atoms with Crippen molar-refractivity contribution in [2.24, 2.45) is 0 Å². The zero-order chi connectivity index (χ0) is 15.1. The van der Waals surface area contributed by atoms with Crippen LogP contribution in [0, 0.1) is 18.8 Å². The zero-order valence-electron chi connectivity index (χ0n) is 11.7. The van der Waals surface area contributed by atoms with Crippen LogP contribution in [0.15, 0.2) is 48.5 Å². The van der Waals surface area contributed by atoms with E-state index in [1.807, 2.05) is 49.4 Å². The SMILES string of the molecule is Cc1cc(C#CCO)cc(NC(=O)Nc2ccccc2)c1. The summed E-state index contributed by atoms with van der Waals surface area (Å²) in [6.07, 6.45) is 0. The molecule has 0 aliphatic rings. The molecule has 3 N–H and O–H groups in total. The van der Waals surface area contributed by atoms with Crippen molar-refractivity contribution in [3.63, 3.8) is 0 Å². The first kappa shape index (κ1) is 14.6. The van der Waals surface area contributed by atoms with E-state index in [1.165, 1.54) is 0 Å². The van der Waals surface area contributed by atoms with Crippen molar-refractivity contribution in [3.05, 3.63) is 59.7 Å². The number of aliphatic hydroxyl groups is 1. The number of amides is 2. The average Bonchev–Trinajstić information content (AvgIpc) is 2.45. The largest absolute Gasteiger partial charge is 0.384 e. The van der Waals surface area contributed by atoms with Crippen molar-refractivity contribution in [1.29, 1.82) is 0 Å². The van der Waals surface area contributed by atoms with E-state index in [9.17, 15) is 4.79 Å². The highest BCUT2D eigenvalue weighted by Crippen LogP contribution is 2.14. The van der Waals surface area contributed by atoms with Gasteiger partial charge in [0.25, 0.3) is 0 Å². The molecule has 0 unspecified atom stereocenters. The monoisotopic (exact) mass is 280 g/mol. The number of urea groups is 1. The Morgan fingerprint density at radius 1 is 1.10 bits per heavy atom. The number of aliphatic hydroxyl groups excluding tert-OH is 1. The van der Waals surface area contributed by atoms with Gasteiger partial charge in [-0.25, -0.2) is 4.79 Å². The molecule has 0 heterocycles. The number of rotatable bonds is 2. The summed E-state index contributed by atoms with van der Waals surface area (Å²) >= 11 is 0. The van der Waals surface area contributed by atoms with Crippen LogP contribution < -0.4 is 10.6 Å². The van der Waals surface area contributed by atoms with Gasteiger partial charge >= 0.3 is 6.03 Å². The third-order valence-corrected chi connectivity index (χ3v) is 2.68. The molecule has 106 valence electrons. The molecule has 0 bridgehead atoms. The maximum atomic E-state index is 11.9. The minimum absolute atomic E-state index is 0.189. The van der Waals surface area contributed by atoms with Crippen LogP contribution in [0.25, 0.3) is 0 Å². The topological polar surface area (TPSA) is 61.4 Å². The predicted octanol–water partition coefficient (Wildman–Crippen LogP) is 2.98. The van der Waals surface area contributed by atoms with Gasteiger partial charge in [0.15, 0.2) is 0 Å². The lowest BCUT2D eigenvalue weighted by Crippen LogP contribution is -2.19. The van der Waals surface area contributed by atoms with Gasteiger partial charge in [0, 0.05) is 16.9 Å². The van der Waals surface area contributed by atoms with Crippen LogP contribution >= 0.6 is 0 Å². The van der Waals surface area contributed by atoms with Crippen LogP contribution in [0.2, 0.25) is 0 Å². The number of benzene rings is 2. The number of carbonyl (C=O) groups excluding carboxylic acids is 1. The first-order valence-corrected chi connectivity index (χ1v) is 6.52. The maximum Gasteiger partial charge on any atom is 0.323 e. The van der Waals surface area contributed by atoms with E-state index >= 15 is 0 Å². The summed E-state index contributed by atoms with van der Waals surface area (Å²) in [5, 5.41) is 14.2. The Bertz CT molecular complexity index is 685. The minimum Gasteiger partial charge on any atom is -0.384 e. The maximum absolute atomic E-state index is 11.9. The van der Waals surface area contributed by atoms with Gasteiger partial charge in [-0.1, -0.05) is 30.0 Å². The first-order valence-electron chi connectivity index (χ1n) is 6.52. The summed E-state index contributed by atoms with van der Waals surface area (Å²) in [6.45, 7) is 1.73. The molecule has 0 atom stereocenters. The second-order valence-electron chi connectivity index (χ2n) is 4.49. The number of hydrogen-bond acceptors (Lipinski definition) is 2. The highest BCUT2D eigenvalue weighted by Gasteiger charge is 2.03. The number of anilines is 2. The molecule has 0 spiro atoms. The minimum atomic E-state index is -0.312. The quantitative estimate of drug-likeness (QED) is 0.741. The molecular formula is C17H16N2O2. The van der Waals surface area contributed by atoms with Crippen LogP contribution in [0.5, 0.6) is 0 Å². The summed E-state index contributed by atoms with van der Waals surface area (Å²) in [6, 6.07) is 14.4. The lowest BCUT2D eigenvalue weighted by Gasteiger charge is -2.09. The number of nitrogens with one attached hydrogen (secondary N) is 2. The molecule has 2 aromatic rings. The van der Waals surface area contributed by atoms with Gasteiger partial charge in [-0.05, 0) is 42.8 Å². The summed E-state index contributed by atoms with van der Waals surface area (Å²) in [4.78, 5) is 11.9. The van der Waals surface area contributed by atoms with Crippen LogP contribution in [-0.2, 0) is 0 Å². The Balaban J connectivity index is 2.08. The molecule has 2 amide bonds. The highest BCUT2D eigenvalue weighted by atomic mass is 16.2. The second kappa shape index (κ2) is 7.13. The standard InChI is InChI=1S/C17H16N2O2/c1-13-10-14(6-5-9-20)12-16(11-13)19-17(21)18-15-7-3-2-4-8-15/h2-4,7-8,10-12,20H,9H2,1H3,(H2,18,19,21). The van der Waals surface area contributed by atoms with Crippen molar-refractivity contribution >= 4 is 17.4 Å². The summed E-state index contributed by atoms with van der Waals surface area (Å²) in [7, 11) is 0. The van der Waals surface area contributed by atoms with E-state index < -0.39 is 0 Å². The van der Waals surface area contributed by atoms with Gasteiger partial charge in [-0.3, -0.25) is 0 Å². The molecule has 0 saturated heterocycles. The van der Waals surface area contributed by atoms with Crippen molar-refractivity contribution in [3.8, 4) is 11.8 Å². The van der Waals surface area contributed by atoms with E-state index in [4.69, 9.17) is 5.11 Å². The number of hydrogen-bond donors (Lipinski definition) is 3. The Hall–Kier alpha value is -2.77. The molecule has 2 rings (SSSR count). The molecule has 0 aromatic heterocycles. The van der Waals surface area contributed by atoms with Gasteiger partial charge in [-0.2, -0.15) is 0 Å². The molecule has 0 radical (unpaired) electrons. The lowest BCUT2D eigenvalue weighted by atomic mass is 10.1. The van der Waals surface area contributed by atoms with Crippen molar-refractivity contribution in [1.82, 2.24) is 0 Å².